The van der Waals surface area contributed by atoms with E-state index < -0.39 is 54.2 Å². The smallest absolute Gasteiger partial charge is 0.342 e. The maximum Gasteiger partial charge on any atom is 0.342 e. The summed E-state index contributed by atoms with van der Waals surface area (Å²) in [6.45, 7) is 2.16. The third-order valence-corrected chi connectivity index (χ3v) is 5.34. The first-order valence-electron chi connectivity index (χ1n) is 10.3. The molecule has 2 aromatic rings. The summed E-state index contributed by atoms with van der Waals surface area (Å²) < 4.78 is 28.5. The van der Waals surface area contributed by atoms with Crippen LogP contribution in [0.15, 0.2) is 34.0 Å². The van der Waals surface area contributed by atoms with Gasteiger partial charge in [0.15, 0.2) is 12.2 Å². The zero-order valence-electron chi connectivity index (χ0n) is 19.1. The molecule has 12 nitrogen and oxygen atoms in total. The molecule has 1 aromatic heterocycles. The number of benzene rings is 1. The minimum atomic E-state index is -1.18. The SMILES string of the molecule is COc1cc(C)c(C(=O)O[C@H]2[C@@H](OC(C)=O)[C@H](Cn3ccc(=O)[nH]c3=O)O[C@@H]2CO)c(OC)c1. The Morgan fingerprint density at radius 1 is 1.12 bits per heavy atom. The van der Waals surface area contributed by atoms with Gasteiger partial charge in [-0.25, -0.2) is 9.59 Å². The minimum absolute atomic E-state index is 0.127. The number of nitrogens with one attached hydrogen (secondary N) is 1. The summed E-state index contributed by atoms with van der Waals surface area (Å²) in [6.07, 6.45) is -3.06. The van der Waals surface area contributed by atoms with Gasteiger partial charge in [0.05, 0.1) is 27.4 Å². The molecule has 0 unspecified atom stereocenters. The Labute approximate surface area is 194 Å². The first-order valence-corrected chi connectivity index (χ1v) is 10.3. The number of aromatic nitrogens is 2. The number of hydrogen-bond donors (Lipinski definition) is 2. The number of aliphatic hydroxyl groups excluding tert-OH is 1. The summed E-state index contributed by atoms with van der Waals surface area (Å²) in [5.74, 6) is -0.775. The fraction of sp³-hybridized carbons (Fsp3) is 0.455. The van der Waals surface area contributed by atoms with Crippen LogP contribution in [-0.2, 0) is 25.5 Å². The molecule has 12 heteroatoms. The molecule has 184 valence electrons. The molecule has 3 rings (SSSR count). The molecular formula is C22H26N2O10. The Morgan fingerprint density at radius 3 is 2.41 bits per heavy atom. The number of ether oxygens (including phenoxy) is 5. The van der Waals surface area contributed by atoms with Crippen molar-refractivity contribution in [1.82, 2.24) is 9.55 Å². The van der Waals surface area contributed by atoms with Crippen LogP contribution in [0.3, 0.4) is 0 Å². The van der Waals surface area contributed by atoms with Crippen molar-refractivity contribution in [2.75, 3.05) is 20.8 Å². The Hall–Kier alpha value is -3.64. The Kier molecular flexibility index (Phi) is 7.74. The topological polar surface area (TPSA) is 155 Å². The lowest BCUT2D eigenvalue weighted by Crippen LogP contribution is -2.43. The second-order valence-electron chi connectivity index (χ2n) is 7.62. The average molecular weight is 478 g/mol. The summed E-state index contributed by atoms with van der Waals surface area (Å²) in [5, 5.41) is 9.86. The van der Waals surface area contributed by atoms with Gasteiger partial charge in [-0.2, -0.15) is 0 Å². The van der Waals surface area contributed by atoms with E-state index in [1.165, 1.54) is 33.4 Å². The molecule has 0 aliphatic carbocycles. The quantitative estimate of drug-likeness (QED) is 0.486. The van der Waals surface area contributed by atoms with Gasteiger partial charge in [-0.05, 0) is 18.6 Å². The van der Waals surface area contributed by atoms with Crippen LogP contribution in [0.2, 0.25) is 0 Å². The van der Waals surface area contributed by atoms with Gasteiger partial charge in [0.1, 0.15) is 29.3 Å². The van der Waals surface area contributed by atoms with Crippen LogP contribution >= 0.6 is 0 Å². The van der Waals surface area contributed by atoms with Crippen molar-refractivity contribution in [3.8, 4) is 11.5 Å². The number of nitrogens with zero attached hydrogens (tertiary/aromatic N) is 1. The molecule has 4 atom stereocenters. The molecule has 0 radical (unpaired) electrons. The molecule has 2 heterocycles. The molecule has 0 bridgehead atoms. The molecule has 1 aliphatic heterocycles. The Morgan fingerprint density at radius 2 is 1.82 bits per heavy atom. The van der Waals surface area contributed by atoms with Crippen LogP contribution < -0.4 is 20.7 Å². The van der Waals surface area contributed by atoms with Crippen LogP contribution in [0, 0.1) is 6.92 Å². The molecule has 1 aromatic carbocycles. The van der Waals surface area contributed by atoms with Crippen LogP contribution in [0.4, 0.5) is 0 Å². The van der Waals surface area contributed by atoms with E-state index in [0.717, 1.165) is 10.6 Å². The van der Waals surface area contributed by atoms with Crippen molar-refractivity contribution < 1.29 is 38.4 Å². The highest BCUT2D eigenvalue weighted by Gasteiger charge is 2.49. The number of methoxy groups -OCH3 is 2. The fourth-order valence-corrected chi connectivity index (χ4v) is 3.80. The minimum Gasteiger partial charge on any atom is -0.497 e. The second-order valence-corrected chi connectivity index (χ2v) is 7.62. The molecule has 1 fully saturated rings. The number of hydrogen-bond acceptors (Lipinski definition) is 10. The Bertz CT molecular complexity index is 1170. The van der Waals surface area contributed by atoms with E-state index in [2.05, 4.69) is 4.98 Å². The van der Waals surface area contributed by atoms with Gasteiger partial charge < -0.3 is 28.8 Å². The van der Waals surface area contributed by atoms with Crippen molar-refractivity contribution in [2.45, 2.75) is 44.8 Å². The molecule has 0 spiro atoms. The van der Waals surface area contributed by atoms with Crippen LogP contribution in [-0.4, -0.2) is 71.8 Å². The summed E-state index contributed by atoms with van der Waals surface area (Å²) in [4.78, 5) is 50.5. The largest absolute Gasteiger partial charge is 0.497 e. The van der Waals surface area contributed by atoms with E-state index in [1.807, 2.05) is 0 Å². The molecule has 1 saturated heterocycles. The zero-order valence-corrected chi connectivity index (χ0v) is 19.1. The van der Waals surface area contributed by atoms with Crippen LogP contribution in [0.25, 0.3) is 0 Å². The number of esters is 2. The van der Waals surface area contributed by atoms with E-state index in [4.69, 9.17) is 23.7 Å². The summed E-state index contributed by atoms with van der Waals surface area (Å²) in [7, 11) is 2.87. The van der Waals surface area contributed by atoms with Crippen molar-refractivity contribution in [2.24, 2.45) is 0 Å². The van der Waals surface area contributed by atoms with E-state index in [0.29, 0.717) is 11.3 Å². The monoisotopic (exact) mass is 478 g/mol. The molecule has 0 saturated carbocycles. The van der Waals surface area contributed by atoms with Gasteiger partial charge in [0, 0.05) is 25.3 Å². The number of H-pyrrole nitrogens is 1. The van der Waals surface area contributed by atoms with Crippen molar-refractivity contribution in [1.29, 1.82) is 0 Å². The third-order valence-electron chi connectivity index (χ3n) is 5.34. The second kappa shape index (κ2) is 10.5. The lowest BCUT2D eigenvalue weighted by molar-refractivity contribution is -0.153. The fourth-order valence-electron chi connectivity index (χ4n) is 3.80. The van der Waals surface area contributed by atoms with Crippen LogP contribution in [0.1, 0.15) is 22.8 Å². The zero-order chi connectivity index (χ0) is 25.0. The number of aliphatic hydroxyl groups is 1. The van der Waals surface area contributed by atoms with Crippen molar-refractivity contribution in [3.05, 3.63) is 56.4 Å². The summed E-state index contributed by atoms with van der Waals surface area (Å²) in [6, 6.07) is 4.30. The maximum absolute atomic E-state index is 13.1. The number of aromatic amines is 1. The maximum atomic E-state index is 13.1. The highest BCUT2D eigenvalue weighted by Crippen LogP contribution is 2.32. The number of aryl methyl sites for hydroxylation is 1. The van der Waals surface area contributed by atoms with E-state index >= 15 is 0 Å². The van der Waals surface area contributed by atoms with Gasteiger partial charge in [-0.3, -0.25) is 19.1 Å². The summed E-state index contributed by atoms with van der Waals surface area (Å²) in [5.41, 5.74) is -0.630. The van der Waals surface area contributed by atoms with Gasteiger partial charge in [0.2, 0.25) is 0 Å². The predicted molar refractivity (Wildman–Crippen MR) is 116 cm³/mol. The molecule has 34 heavy (non-hydrogen) atoms. The average Bonchev–Trinajstić information content (AvgIpc) is 3.10. The third kappa shape index (κ3) is 5.29. The van der Waals surface area contributed by atoms with Crippen LogP contribution in [0.5, 0.6) is 11.5 Å². The predicted octanol–water partition coefficient (Wildman–Crippen LogP) is -0.221. The lowest BCUT2D eigenvalue weighted by Gasteiger charge is -2.24. The first kappa shape index (κ1) is 25.0. The number of rotatable bonds is 8. The van der Waals surface area contributed by atoms with E-state index in [-0.39, 0.29) is 17.9 Å². The van der Waals surface area contributed by atoms with Crippen molar-refractivity contribution >= 4 is 11.9 Å². The molecule has 0 amide bonds. The standard InChI is InChI=1S/C22H26N2O10/c1-11-7-13(30-3)8-14(31-4)18(11)21(28)34-20-16(10-25)33-15(19(20)32-12(2)26)9-24-6-5-17(27)23-22(24)29/h5-8,15-16,19-20,25H,9-10H2,1-4H3,(H,23,27,29)/t15-,16+,19-,20+/m0/s1. The molecule has 1 aliphatic rings. The summed E-state index contributed by atoms with van der Waals surface area (Å²) >= 11 is 0. The van der Waals surface area contributed by atoms with E-state index in [9.17, 15) is 24.3 Å². The number of carbonyl (C=O) groups excluding carboxylic acids is 2. The number of carbonyl (C=O) groups is 2. The normalized spacial score (nSPS) is 21.7. The highest BCUT2D eigenvalue weighted by atomic mass is 16.6. The van der Waals surface area contributed by atoms with E-state index in [1.54, 1.807) is 13.0 Å². The first-order chi connectivity index (χ1) is 16.2. The molecular weight excluding hydrogens is 452 g/mol. The van der Waals surface area contributed by atoms with Crippen molar-refractivity contribution in [3.63, 3.8) is 0 Å². The Balaban J connectivity index is 1.92. The van der Waals surface area contributed by atoms with Gasteiger partial charge in [-0.15, -0.1) is 0 Å². The lowest BCUT2D eigenvalue weighted by atomic mass is 10.1. The van der Waals surface area contributed by atoms with Gasteiger partial charge in [0.25, 0.3) is 5.56 Å². The highest BCUT2D eigenvalue weighted by molar-refractivity contribution is 5.94. The van der Waals surface area contributed by atoms with Gasteiger partial charge >= 0.3 is 17.6 Å². The van der Waals surface area contributed by atoms with Gasteiger partial charge in [-0.1, -0.05) is 0 Å². The molecule has 2 N–H and O–H groups in total.